The van der Waals surface area contributed by atoms with Crippen LogP contribution < -0.4 is 10.6 Å². The van der Waals surface area contributed by atoms with Crippen LogP contribution in [-0.4, -0.2) is 48.0 Å². The predicted octanol–water partition coefficient (Wildman–Crippen LogP) is 1.88. The molecule has 3 rings (SSSR count). The summed E-state index contributed by atoms with van der Waals surface area (Å²) in [6.45, 7) is 5.71. The van der Waals surface area contributed by atoms with Gasteiger partial charge in [-0.25, -0.2) is 4.98 Å². The molecule has 0 aliphatic carbocycles. The van der Waals surface area contributed by atoms with Crippen molar-refractivity contribution in [3.63, 3.8) is 0 Å². The Balaban J connectivity index is 1.71. The van der Waals surface area contributed by atoms with Crippen molar-refractivity contribution in [3.8, 4) is 0 Å². The molecule has 2 saturated heterocycles. The zero-order valence-electron chi connectivity index (χ0n) is 13.4. The standard InChI is InChI=1S/C17H26N4O/c1-13-6-9-21(15(10-13)11-18)17(22)14-4-5-16(19-12-14)20-7-2-3-8-20/h4-5,12-13,15H,2-3,6-11,18H2,1H3. The second-order valence-electron chi connectivity index (χ2n) is 6.62. The molecule has 0 radical (unpaired) electrons. The first-order chi connectivity index (χ1) is 10.7. The maximum absolute atomic E-state index is 12.7. The van der Waals surface area contributed by atoms with Crippen molar-refractivity contribution in [2.24, 2.45) is 11.7 Å². The number of likely N-dealkylation sites (tertiary alicyclic amines) is 1. The molecule has 5 heteroatoms. The lowest BCUT2D eigenvalue weighted by Gasteiger charge is -2.38. The fourth-order valence-electron chi connectivity index (χ4n) is 3.55. The van der Waals surface area contributed by atoms with Gasteiger partial charge < -0.3 is 15.5 Å². The van der Waals surface area contributed by atoms with Gasteiger partial charge in [-0.3, -0.25) is 4.79 Å². The van der Waals surface area contributed by atoms with Gasteiger partial charge in [-0.15, -0.1) is 0 Å². The molecule has 0 spiro atoms. The van der Waals surface area contributed by atoms with Crippen LogP contribution in [0.3, 0.4) is 0 Å². The molecule has 2 atom stereocenters. The molecule has 1 aromatic rings. The minimum atomic E-state index is 0.0721. The molecule has 1 aromatic heterocycles. The van der Waals surface area contributed by atoms with Gasteiger partial charge in [0.1, 0.15) is 5.82 Å². The Morgan fingerprint density at radius 1 is 1.32 bits per heavy atom. The summed E-state index contributed by atoms with van der Waals surface area (Å²) in [5.41, 5.74) is 6.54. The van der Waals surface area contributed by atoms with Gasteiger partial charge in [-0.05, 0) is 43.7 Å². The van der Waals surface area contributed by atoms with Gasteiger partial charge in [0.25, 0.3) is 5.91 Å². The number of piperidine rings is 1. The van der Waals surface area contributed by atoms with E-state index < -0.39 is 0 Å². The van der Waals surface area contributed by atoms with Crippen LogP contribution in [0.4, 0.5) is 5.82 Å². The fourth-order valence-corrected chi connectivity index (χ4v) is 3.55. The van der Waals surface area contributed by atoms with E-state index in [4.69, 9.17) is 5.73 Å². The third kappa shape index (κ3) is 3.09. The minimum Gasteiger partial charge on any atom is -0.357 e. The zero-order chi connectivity index (χ0) is 15.5. The highest BCUT2D eigenvalue weighted by Crippen LogP contribution is 2.24. The average Bonchev–Trinajstić information content (AvgIpc) is 3.08. The van der Waals surface area contributed by atoms with Crippen LogP contribution in [0.15, 0.2) is 18.3 Å². The molecule has 5 nitrogen and oxygen atoms in total. The largest absolute Gasteiger partial charge is 0.357 e. The number of pyridine rings is 1. The molecular weight excluding hydrogens is 276 g/mol. The Labute approximate surface area is 132 Å². The molecule has 3 heterocycles. The normalized spacial score (nSPS) is 25.5. The number of nitrogens with two attached hydrogens (primary N) is 1. The topological polar surface area (TPSA) is 62.5 Å². The number of carbonyl (C=O) groups excluding carboxylic acids is 1. The maximum Gasteiger partial charge on any atom is 0.255 e. The van der Waals surface area contributed by atoms with Crippen LogP contribution in [0.1, 0.15) is 43.0 Å². The van der Waals surface area contributed by atoms with Crippen LogP contribution in [0.2, 0.25) is 0 Å². The summed E-state index contributed by atoms with van der Waals surface area (Å²) in [6.07, 6.45) is 6.24. The summed E-state index contributed by atoms with van der Waals surface area (Å²) in [5.74, 6) is 1.70. The quantitative estimate of drug-likeness (QED) is 0.926. The van der Waals surface area contributed by atoms with Gasteiger partial charge in [0.15, 0.2) is 0 Å². The van der Waals surface area contributed by atoms with Crippen molar-refractivity contribution in [1.29, 1.82) is 0 Å². The van der Waals surface area contributed by atoms with Crippen LogP contribution in [0.5, 0.6) is 0 Å². The summed E-state index contributed by atoms with van der Waals surface area (Å²) < 4.78 is 0. The molecule has 0 aromatic carbocycles. The Morgan fingerprint density at radius 2 is 2.09 bits per heavy atom. The van der Waals surface area contributed by atoms with E-state index in [-0.39, 0.29) is 11.9 Å². The molecule has 0 saturated carbocycles. The lowest BCUT2D eigenvalue weighted by Crippen LogP contribution is -2.49. The predicted molar refractivity (Wildman–Crippen MR) is 88.0 cm³/mol. The molecular formula is C17H26N4O. The lowest BCUT2D eigenvalue weighted by atomic mass is 9.92. The second-order valence-corrected chi connectivity index (χ2v) is 6.62. The smallest absolute Gasteiger partial charge is 0.255 e. The van der Waals surface area contributed by atoms with Gasteiger partial charge in [-0.1, -0.05) is 6.92 Å². The van der Waals surface area contributed by atoms with E-state index in [2.05, 4.69) is 16.8 Å². The van der Waals surface area contributed by atoms with Crippen molar-refractivity contribution in [2.75, 3.05) is 31.1 Å². The highest BCUT2D eigenvalue weighted by atomic mass is 16.2. The van der Waals surface area contributed by atoms with E-state index in [1.165, 1.54) is 12.8 Å². The molecule has 22 heavy (non-hydrogen) atoms. The van der Waals surface area contributed by atoms with Crippen LogP contribution >= 0.6 is 0 Å². The first-order valence-electron chi connectivity index (χ1n) is 8.41. The average molecular weight is 302 g/mol. The Bertz CT molecular complexity index is 510. The molecule has 2 aliphatic rings. The summed E-state index contributed by atoms with van der Waals surface area (Å²) in [5, 5.41) is 0. The van der Waals surface area contributed by atoms with E-state index in [1.807, 2.05) is 17.0 Å². The van der Waals surface area contributed by atoms with Gasteiger partial charge in [0.2, 0.25) is 0 Å². The number of rotatable bonds is 3. The number of amides is 1. The molecule has 2 fully saturated rings. The third-order valence-electron chi connectivity index (χ3n) is 4.94. The third-order valence-corrected chi connectivity index (χ3v) is 4.94. The Morgan fingerprint density at radius 3 is 2.73 bits per heavy atom. The summed E-state index contributed by atoms with van der Waals surface area (Å²) in [4.78, 5) is 21.4. The molecule has 120 valence electrons. The summed E-state index contributed by atoms with van der Waals surface area (Å²) >= 11 is 0. The van der Waals surface area contributed by atoms with Gasteiger partial charge in [0, 0.05) is 38.4 Å². The Hall–Kier alpha value is -1.62. The number of anilines is 1. The number of nitrogens with zero attached hydrogens (tertiary/aromatic N) is 3. The van der Waals surface area contributed by atoms with Crippen LogP contribution in [-0.2, 0) is 0 Å². The Kier molecular flexibility index (Phi) is 4.62. The van der Waals surface area contributed by atoms with Crippen molar-refractivity contribution in [3.05, 3.63) is 23.9 Å². The van der Waals surface area contributed by atoms with Crippen LogP contribution in [0.25, 0.3) is 0 Å². The second kappa shape index (κ2) is 6.65. The highest BCUT2D eigenvalue weighted by Gasteiger charge is 2.29. The van der Waals surface area contributed by atoms with Crippen molar-refractivity contribution < 1.29 is 4.79 Å². The zero-order valence-corrected chi connectivity index (χ0v) is 13.4. The summed E-state index contributed by atoms with van der Waals surface area (Å²) in [6, 6.07) is 4.05. The van der Waals surface area contributed by atoms with Crippen molar-refractivity contribution >= 4 is 11.7 Å². The van der Waals surface area contributed by atoms with E-state index in [0.717, 1.165) is 38.3 Å². The number of hydrogen-bond donors (Lipinski definition) is 1. The van der Waals surface area contributed by atoms with E-state index in [9.17, 15) is 4.79 Å². The molecule has 1 amide bonds. The number of hydrogen-bond acceptors (Lipinski definition) is 4. The van der Waals surface area contributed by atoms with Crippen LogP contribution in [0, 0.1) is 5.92 Å². The van der Waals surface area contributed by atoms with E-state index in [0.29, 0.717) is 18.0 Å². The van der Waals surface area contributed by atoms with Gasteiger partial charge >= 0.3 is 0 Å². The van der Waals surface area contributed by atoms with E-state index >= 15 is 0 Å². The summed E-state index contributed by atoms with van der Waals surface area (Å²) in [7, 11) is 0. The fraction of sp³-hybridized carbons (Fsp3) is 0.647. The van der Waals surface area contributed by atoms with Gasteiger partial charge in [0.05, 0.1) is 5.56 Å². The first-order valence-corrected chi connectivity index (χ1v) is 8.41. The number of aromatic nitrogens is 1. The van der Waals surface area contributed by atoms with Crippen molar-refractivity contribution in [1.82, 2.24) is 9.88 Å². The monoisotopic (exact) mass is 302 g/mol. The highest BCUT2D eigenvalue weighted by molar-refractivity contribution is 5.94. The lowest BCUT2D eigenvalue weighted by molar-refractivity contribution is 0.0573. The van der Waals surface area contributed by atoms with Gasteiger partial charge in [-0.2, -0.15) is 0 Å². The maximum atomic E-state index is 12.7. The SMILES string of the molecule is CC1CCN(C(=O)c2ccc(N3CCCC3)nc2)C(CN)C1. The molecule has 2 N–H and O–H groups in total. The number of carbonyl (C=O) groups is 1. The van der Waals surface area contributed by atoms with E-state index in [1.54, 1.807) is 6.20 Å². The van der Waals surface area contributed by atoms with Crippen molar-refractivity contribution in [2.45, 2.75) is 38.6 Å². The minimum absolute atomic E-state index is 0.0721. The molecule has 0 bridgehead atoms. The molecule has 2 unspecified atom stereocenters. The first kappa shape index (κ1) is 15.3. The molecule has 2 aliphatic heterocycles.